The van der Waals surface area contributed by atoms with E-state index in [2.05, 4.69) is 61.8 Å². The summed E-state index contributed by atoms with van der Waals surface area (Å²) in [7, 11) is 0. The van der Waals surface area contributed by atoms with Crippen LogP contribution in [0, 0.1) is 25.2 Å². The van der Waals surface area contributed by atoms with E-state index < -0.39 is 12.6 Å². The van der Waals surface area contributed by atoms with Crippen LogP contribution >= 0.6 is 11.3 Å². The lowest BCUT2D eigenvalue weighted by molar-refractivity contribution is -0.126. The largest absolute Gasteiger partial charge is 0.393 e. The van der Waals surface area contributed by atoms with Crippen LogP contribution in [0.4, 0.5) is 24.7 Å². The Morgan fingerprint density at radius 1 is 1.10 bits per heavy atom. The van der Waals surface area contributed by atoms with Gasteiger partial charge in [0.05, 0.1) is 11.8 Å². The van der Waals surface area contributed by atoms with Crippen molar-refractivity contribution in [2.75, 3.05) is 23.7 Å². The summed E-state index contributed by atoms with van der Waals surface area (Å²) in [5, 5.41) is 18.0. The minimum atomic E-state index is -4.26. The Bertz CT molecular complexity index is 2030. The highest BCUT2D eigenvalue weighted by atomic mass is 32.1. The first-order valence-electron chi connectivity index (χ1n) is 15.8. The molecule has 48 heavy (non-hydrogen) atoms. The highest BCUT2D eigenvalue weighted by molar-refractivity contribution is 7.18. The molecule has 248 valence electrons. The van der Waals surface area contributed by atoms with Crippen LogP contribution in [-0.4, -0.2) is 50.6 Å². The van der Waals surface area contributed by atoms with Crippen LogP contribution < -0.4 is 10.6 Å². The van der Waals surface area contributed by atoms with Gasteiger partial charge in [-0.3, -0.25) is 9.69 Å². The summed E-state index contributed by atoms with van der Waals surface area (Å²) in [5.74, 6) is 0.340. The molecule has 0 spiro atoms. The second kappa shape index (κ2) is 13.8. The van der Waals surface area contributed by atoms with Gasteiger partial charge in [0.1, 0.15) is 28.7 Å². The van der Waals surface area contributed by atoms with Crippen molar-refractivity contribution in [1.29, 1.82) is 5.26 Å². The molecule has 0 bridgehead atoms. The summed E-state index contributed by atoms with van der Waals surface area (Å²) in [5.41, 5.74) is 6.98. The van der Waals surface area contributed by atoms with Crippen LogP contribution in [0.25, 0.3) is 21.1 Å². The average Bonchev–Trinajstić information content (AvgIpc) is 3.63. The molecule has 2 N–H and O–H groups in total. The number of nitriles is 1. The molecule has 0 aliphatic carbocycles. The Morgan fingerprint density at radius 2 is 1.88 bits per heavy atom. The molecule has 3 aromatic heterocycles. The van der Waals surface area contributed by atoms with Crippen molar-refractivity contribution < 1.29 is 18.0 Å². The summed E-state index contributed by atoms with van der Waals surface area (Å²) in [4.78, 5) is 23.4. The number of nitrogens with one attached hydrogen (secondary N) is 2. The van der Waals surface area contributed by atoms with Gasteiger partial charge in [-0.25, -0.2) is 9.97 Å². The van der Waals surface area contributed by atoms with Crippen molar-refractivity contribution in [3.05, 3.63) is 94.3 Å². The van der Waals surface area contributed by atoms with E-state index in [1.54, 1.807) is 6.07 Å². The van der Waals surface area contributed by atoms with Crippen molar-refractivity contribution in [1.82, 2.24) is 19.4 Å². The number of amides is 1. The third kappa shape index (κ3) is 7.37. The molecule has 4 heterocycles. The van der Waals surface area contributed by atoms with Gasteiger partial charge in [-0.2, -0.15) is 18.4 Å². The van der Waals surface area contributed by atoms with Gasteiger partial charge in [0, 0.05) is 53.7 Å². The predicted octanol–water partition coefficient (Wildman–Crippen LogP) is 7.68. The number of piperidine rings is 1. The van der Waals surface area contributed by atoms with Crippen LogP contribution in [0.15, 0.2) is 61.4 Å². The van der Waals surface area contributed by atoms with Crippen molar-refractivity contribution in [2.24, 2.45) is 0 Å². The molecule has 1 aliphatic heterocycles. The van der Waals surface area contributed by atoms with E-state index in [9.17, 15) is 23.2 Å². The second-order valence-electron chi connectivity index (χ2n) is 12.3. The molecule has 0 atom stereocenters. The number of alkyl halides is 3. The smallest absolute Gasteiger partial charge is 0.367 e. The van der Waals surface area contributed by atoms with Crippen molar-refractivity contribution in [3.63, 3.8) is 0 Å². The highest BCUT2D eigenvalue weighted by Gasteiger charge is 2.29. The van der Waals surface area contributed by atoms with Gasteiger partial charge in [0.2, 0.25) is 5.91 Å². The fourth-order valence-electron chi connectivity index (χ4n) is 6.48. The fourth-order valence-corrected chi connectivity index (χ4v) is 7.51. The first-order valence-corrected chi connectivity index (χ1v) is 16.7. The monoisotopic (exact) mass is 671 g/mol. The number of rotatable bonds is 10. The third-order valence-electron chi connectivity index (χ3n) is 9.06. The number of hydrogen-bond acceptors (Lipinski definition) is 7. The number of halogens is 3. The quantitative estimate of drug-likeness (QED) is 0.148. The number of carbonyl (C=O) groups excluding carboxylic acids is 1. The van der Waals surface area contributed by atoms with Gasteiger partial charge < -0.3 is 15.2 Å². The SMILES string of the molecule is C=CC(=O)Nc1ccc(CCn2c(C#N)cc3c(C)c(CN4CCC(Nc5ncnc6sc(CC(F)(F)F)cc56)CC4)ccc32)c(C)c1. The Labute approximate surface area is 280 Å². The molecule has 1 fully saturated rings. The molecular formula is C36H36F3N7OS. The number of fused-ring (bicyclic) bond motifs is 2. The summed E-state index contributed by atoms with van der Waals surface area (Å²) in [6.45, 7) is 10.8. The number of anilines is 2. The molecule has 0 radical (unpaired) electrons. The highest BCUT2D eigenvalue weighted by Crippen LogP contribution is 2.33. The van der Waals surface area contributed by atoms with Gasteiger partial charge >= 0.3 is 6.18 Å². The zero-order chi connectivity index (χ0) is 34.0. The zero-order valence-electron chi connectivity index (χ0n) is 26.8. The number of carbonyl (C=O) groups is 1. The number of aryl methyl sites for hydroxylation is 4. The lowest BCUT2D eigenvalue weighted by Crippen LogP contribution is -2.39. The number of hydrogen-bond donors (Lipinski definition) is 2. The number of likely N-dealkylation sites (tertiary alicyclic amines) is 1. The molecule has 5 aromatic rings. The lowest BCUT2D eigenvalue weighted by Gasteiger charge is -2.33. The summed E-state index contributed by atoms with van der Waals surface area (Å²) >= 11 is 1.06. The maximum absolute atomic E-state index is 12.9. The molecule has 12 heteroatoms. The zero-order valence-corrected chi connectivity index (χ0v) is 27.6. The standard InChI is InChI=1S/C36H36F3N7OS/c1-4-33(47)43-27-7-5-24(22(2)15-27)9-14-46-28(19-40)16-30-23(3)25(6-8-32(30)46)20-45-12-10-26(11-13-45)44-34-31-17-29(18-36(37,38)39)48-35(31)42-21-41-34/h4-8,15-17,21,26H,1,9-14,18,20H2,2-3H3,(H,43,47)(H,41,42,44). The summed E-state index contributed by atoms with van der Waals surface area (Å²) < 4.78 is 40.9. The molecule has 6 rings (SSSR count). The normalized spacial score (nSPS) is 14.3. The second-order valence-corrected chi connectivity index (χ2v) is 13.4. The first kappa shape index (κ1) is 33.2. The van der Waals surface area contributed by atoms with E-state index in [-0.39, 0.29) is 16.8 Å². The van der Waals surface area contributed by atoms with Crippen LogP contribution in [0.2, 0.25) is 0 Å². The Balaban J connectivity index is 1.09. The van der Waals surface area contributed by atoms with E-state index >= 15 is 0 Å². The van der Waals surface area contributed by atoms with E-state index in [1.165, 1.54) is 18.0 Å². The molecule has 0 saturated carbocycles. The molecular weight excluding hydrogens is 636 g/mol. The summed E-state index contributed by atoms with van der Waals surface area (Å²) in [6.07, 6.45) is -0.0823. The van der Waals surface area contributed by atoms with Gasteiger partial charge in [0.25, 0.3) is 0 Å². The molecule has 1 saturated heterocycles. The van der Waals surface area contributed by atoms with Gasteiger partial charge in [-0.1, -0.05) is 18.7 Å². The van der Waals surface area contributed by atoms with Crippen LogP contribution in [0.1, 0.15) is 45.7 Å². The molecule has 1 amide bonds. The first-order chi connectivity index (χ1) is 23.0. The minimum Gasteiger partial charge on any atom is -0.367 e. The number of benzene rings is 2. The maximum Gasteiger partial charge on any atom is 0.393 e. The van der Waals surface area contributed by atoms with Gasteiger partial charge in [0.15, 0.2) is 0 Å². The van der Waals surface area contributed by atoms with Crippen LogP contribution in [0.3, 0.4) is 0 Å². The van der Waals surface area contributed by atoms with Gasteiger partial charge in [-0.15, -0.1) is 11.3 Å². The lowest BCUT2D eigenvalue weighted by atomic mass is 10.0. The third-order valence-corrected chi connectivity index (χ3v) is 10.1. The van der Waals surface area contributed by atoms with E-state index in [0.717, 1.165) is 83.5 Å². The average molecular weight is 672 g/mol. The van der Waals surface area contributed by atoms with Crippen molar-refractivity contribution in [2.45, 2.75) is 64.8 Å². The number of thiophene rings is 1. The van der Waals surface area contributed by atoms with Crippen LogP contribution in [-0.2, 0) is 30.7 Å². The maximum atomic E-state index is 12.9. The molecule has 1 aliphatic rings. The topological polar surface area (TPSA) is 98.9 Å². The Kier molecular flexibility index (Phi) is 9.53. The van der Waals surface area contributed by atoms with E-state index in [1.807, 2.05) is 31.2 Å². The molecule has 0 unspecified atom stereocenters. The van der Waals surface area contributed by atoms with E-state index in [0.29, 0.717) is 28.3 Å². The predicted molar refractivity (Wildman–Crippen MR) is 184 cm³/mol. The van der Waals surface area contributed by atoms with Gasteiger partial charge in [-0.05, 0) is 91.8 Å². The number of aromatic nitrogens is 3. The molecule has 8 nitrogen and oxygen atoms in total. The van der Waals surface area contributed by atoms with Crippen LogP contribution in [0.5, 0.6) is 0 Å². The van der Waals surface area contributed by atoms with Crippen molar-refractivity contribution >= 4 is 49.9 Å². The fraction of sp³-hybridized carbons (Fsp3) is 0.333. The summed E-state index contributed by atoms with van der Waals surface area (Å²) in [6, 6.07) is 16.2. The number of nitrogens with zero attached hydrogens (tertiary/aromatic N) is 5. The minimum absolute atomic E-state index is 0.159. The van der Waals surface area contributed by atoms with Crippen molar-refractivity contribution in [3.8, 4) is 6.07 Å². The Morgan fingerprint density at radius 3 is 2.58 bits per heavy atom. The Hall–Kier alpha value is -4.73. The molecule has 2 aromatic carbocycles. The van der Waals surface area contributed by atoms with E-state index in [4.69, 9.17) is 0 Å².